The Bertz CT molecular complexity index is 392. The summed E-state index contributed by atoms with van der Waals surface area (Å²) in [5.74, 6) is -0.881. The molecule has 0 aliphatic heterocycles. The van der Waals surface area contributed by atoms with Crippen molar-refractivity contribution in [2.45, 2.75) is 32.5 Å². The number of rotatable bonds is 3. The Hall–Kier alpha value is -0.810. The molecule has 0 aliphatic rings. The van der Waals surface area contributed by atoms with E-state index in [1.54, 1.807) is 0 Å². The highest BCUT2D eigenvalue weighted by Crippen LogP contribution is 2.32. The van der Waals surface area contributed by atoms with E-state index in [1.807, 2.05) is 13.8 Å². The zero-order valence-corrected chi connectivity index (χ0v) is 10.9. The van der Waals surface area contributed by atoms with Crippen LogP contribution < -0.4 is 5.73 Å². The first-order valence-electron chi connectivity index (χ1n) is 5.39. The highest BCUT2D eigenvalue weighted by atomic mass is 35.5. The number of hydrogen-bond acceptors (Lipinski definition) is 1. The van der Waals surface area contributed by atoms with E-state index in [0.717, 1.165) is 18.6 Å². The smallest absolute Gasteiger partial charge is 0.324 e. The van der Waals surface area contributed by atoms with Crippen molar-refractivity contribution in [3.05, 3.63) is 35.1 Å². The van der Waals surface area contributed by atoms with Gasteiger partial charge in [-0.05, 0) is 18.1 Å². The summed E-state index contributed by atoms with van der Waals surface area (Å²) in [5, 5.41) is 0. The highest BCUT2D eigenvalue weighted by molar-refractivity contribution is 5.85. The van der Waals surface area contributed by atoms with Gasteiger partial charge in [-0.25, -0.2) is 4.39 Å². The van der Waals surface area contributed by atoms with Crippen LogP contribution in [0.4, 0.5) is 17.6 Å². The summed E-state index contributed by atoms with van der Waals surface area (Å²) in [6, 6.07) is 1.90. The van der Waals surface area contributed by atoms with Crippen molar-refractivity contribution in [1.82, 2.24) is 0 Å². The Balaban J connectivity index is 0.00000289. The lowest BCUT2D eigenvalue weighted by molar-refractivity contribution is -0.137. The molecule has 0 amide bonds. The van der Waals surface area contributed by atoms with Crippen LogP contribution >= 0.6 is 12.4 Å². The standard InChI is InChI=1S/C12H15F4N.ClH/c1-3-7(2)11(17)9-5-4-8(6-10(9)13)12(14,15)16;/h4-7,11H,3,17H2,1-2H3;1H/t7?,11-;/m0./s1. The average Bonchev–Trinajstić information content (AvgIpc) is 2.25. The molecule has 18 heavy (non-hydrogen) atoms. The summed E-state index contributed by atoms with van der Waals surface area (Å²) in [7, 11) is 0. The minimum Gasteiger partial charge on any atom is -0.324 e. The number of nitrogens with two attached hydrogens (primary N) is 1. The predicted molar refractivity (Wildman–Crippen MR) is 65.0 cm³/mol. The maximum Gasteiger partial charge on any atom is 0.416 e. The van der Waals surface area contributed by atoms with Crippen LogP contribution in [0.1, 0.15) is 37.4 Å². The molecule has 0 fully saturated rings. The molecule has 2 N–H and O–H groups in total. The molecule has 0 aromatic heterocycles. The molecule has 0 bridgehead atoms. The van der Waals surface area contributed by atoms with E-state index in [1.165, 1.54) is 0 Å². The monoisotopic (exact) mass is 285 g/mol. The predicted octanol–water partition coefficient (Wildman–Crippen LogP) is 4.31. The Morgan fingerprint density at radius 1 is 1.28 bits per heavy atom. The maximum absolute atomic E-state index is 13.5. The second-order valence-electron chi connectivity index (χ2n) is 4.15. The van der Waals surface area contributed by atoms with Gasteiger partial charge < -0.3 is 5.73 Å². The van der Waals surface area contributed by atoms with Crippen LogP contribution in [0.2, 0.25) is 0 Å². The van der Waals surface area contributed by atoms with E-state index in [0.29, 0.717) is 6.07 Å². The molecule has 1 aromatic carbocycles. The largest absolute Gasteiger partial charge is 0.416 e. The molecule has 1 unspecified atom stereocenters. The fraction of sp³-hybridized carbons (Fsp3) is 0.500. The first-order valence-corrected chi connectivity index (χ1v) is 5.39. The number of alkyl halides is 3. The zero-order valence-electron chi connectivity index (χ0n) is 10.1. The van der Waals surface area contributed by atoms with Crippen LogP contribution in [0.25, 0.3) is 0 Å². The summed E-state index contributed by atoms with van der Waals surface area (Å²) in [5.41, 5.74) is 4.93. The molecule has 1 aromatic rings. The quantitative estimate of drug-likeness (QED) is 0.823. The molecule has 0 saturated heterocycles. The molecule has 1 rings (SSSR count). The van der Waals surface area contributed by atoms with Gasteiger partial charge in [0.15, 0.2) is 0 Å². The molecule has 6 heteroatoms. The molecule has 0 heterocycles. The van der Waals surface area contributed by atoms with Gasteiger partial charge in [-0.3, -0.25) is 0 Å². The number of halogens is 5. The Morgan fingerprint density at radius 3 is 2.22 bits per heavy atom. The molecule has 0 aliphatic carbocycles. The average molecular weight is 286 g/mol. The summed E-state index contributed by atoms with van der Waals surface area (Å²) in [4.78, 5) is 0. The summed E-state index contributed by atoms with van der Waals surface area (Å²) in [6.07, 6.45) is -3.79. The van der Waals surface area contributed by atoms with Crippen molar-refractivity contribution in [2.75, 3.05) is 0 Å². The topological polar surface area (TPSA) is 26.0 Å². The molecular formula is C12H16ClF4N. The third-order valence-corrected chi connectivity index (χ3v) is 2.94. The fourth-order valence-electron chi connectivity index (χ4n) is 1.53. The van der Waals surface area contributed by atoms with Crippen LogP contribution in [0.5, 0.6) is 0 Å². The van der Waals surface area contributed by atoms with E-state index in [4.69, 9.17) is 5.73 Å². The minimum atomic E-state index is -4.53. The van der Waals surface area contributed by atoms with Gasteiger partial charge in [-0.15, -0.1) is 12.4 Å². The molecule has 104 valence electrons. The third-order valence-electron chi connectivity index (χ3n) is 2.94. The van der Waals surface area contributed by atoms with Gasteiger partial charge in [0, 0.05) is 11.6 Å². The lowest BCUT2D eigenvalue weighted by Crippen LogP contribution is -2.20. The van der Waals surface area contributed by atoms with Crippen LogP contribution in [-0.4, -0.2) is 0 Å². The van der Waals surface area contributed by atoms with Gasteiger partial charge in [-0.1, -0.05) is 26.3 Å². The maximum atomic E-state index is 13.5. The van der Waals surface area contributed by atoms with Gasteiger partial charge in [0.25, 0.3) is 0 Å². The van der Waals surface area contributed by atoms with Crippen molar-refractivity contribution in [1.29, 1.82) is 0 Å². The summed E-state index contributed by atoms with van der Waals surface area (Å²) < 4.78 is 50.5. The van der Waals surface area contributed by atoms with Crippen LogP contribution in [0, 0.1) is 11.7 Å². The second-order valence-corrected chi connectivity index (χ2v) is 4.15. The van der Waals surface area contributed by atoms with Crippen molar-refractivity contribution in [3.63, 3.8) is 0 Å². The van der Waals surface area contributed by atoms with Gasteiger partial charge in [0.1, 0.15) is 5.82 Å². The van der Waals surface area contributed by atoms with E-state index in [2.05, 4.69) is 0 Å². The second kappa shape index (κ2) is 6.38. The van der Waals surface area contributed by atoms with Gasteiger partial charge in [0.2, 0.25) is 0 Å². The fourth-order valence-corrected chi connectivity index (χ4v) is 1.53. The van der Waals surface area contributed by atoms with Gasteiger partial charge in [-0.2, -0.15) is 13.2 Å². The lowest BCUT2D eigenvalue weighted by atomic mass is 9.92. The highest BCUT2D eigenvalue weighted by Gasteiger charge is 2.31. The molecular weight excluding hydrogens is 270 g/mol. The zero-order chi connectivity index (χ0) is 13.2. The first kappa shape index (κ1) is 17.2. The normalized spacial score (nSPS) is 14.8. The minimum absolute atomic E-state index is 0. The van der Waals surface area contributed by atoms with Crippen LogP contribution in [0.15, 0.2) is 18.2 Å². The van der Waals surface area contributed by atoms with Crippen molar-refractivity contribution < 1.29 is 17.6 Å². The van der Waals surface area contributed by atoms with Crippen molar-refractivity contribution in [3.8, 4) is 0 Å². The summed E-state index contributed by atoms with van der Waals surface area (Å²) >= 11 is 0. The Labute approximate surface area is 110 Å². The molecule has 0 spiro atoms. The lowest BCUT2D eigenvalue weighted by Gasteiger charge is -2.20. The third kappa shape index (κ3) is 3.85. The van der Waals surface area contributed by atoms with Gasteiger partial charge >= 0.3 is 6.18 Å². The molecule has 0 saturated carbocycles. The first-order chi connectivity index (χ1) is 7.77. The van der Waals surface area contributed by atoms with Crippen molar-refractivity contribution in [2.24, 2.45) is 11.7 Å². The Morgan fingerprint density at radius 2 is 1.83 bits per heavy atom. The van der Waals surface area contributed by atoms with Crippen molar-refractivity contribution >= 4 is 12.4 Å². The van der Waals surface area contributed by atoms with E-state index in [9.17, 15) is 17.6 Å². The molecule has 2 atom stereocenters. The van der Waals surface area contributed by atoms with E-state index in [-0.39, 0.29) is 23.9 Å². The number of hydrogen-bond donors (Lipinski definition) is 1. The van der Waals surface area contributed by atoms with Crippen LogP contribution in [0.3, 0.4) is 0 Å². The van der Waals surface area contributed by atoms with Gasteiger partial charge in [0.05, 0.1) is 5.56 Å². The van der Waals surface area contributed by atoms with E-state index >= 15 is 0 Å². The number of benzene rings is 1. The van der Waals surface area contributed by atoms with Crippen LogP contribution in [-0.2, 0) is 6.18 Å². The Kier molecular flexibility index (Phi) is 6.10. The summed E-state index contributed by atoms with van der Waals surface area (Å²) in [6.45, 7) is 3.73. The van der Waals surface area contributed by atoms with E-state index < -0.39 is 23.6 Å². The SMILES string of the molecule is CCC(C)[C@H](N)c1ccc(C(F)(F)F)cc1F.Cl. The molecule has 1 nitrogen and oxygen atoms in total. The molecule has 0 radical (unpaired) electrons.